The molecule has 1 N–H and O–H groups in total. The Kier molecular flexibility index (Phi) is 2.21. The zero-order valence-electron chi connectivity index (χ0n) is 8.10. The third-order valence-corrected chi connectivity index (χ3v) is 2.12. The van der Waals surface area contributed by atoms with Crippen LogP contribution < -0.4 is 11.2 Å². The number of hydrogen-bond donors (Lipinski definition) is 1. The van der Waals surface area contributed by atoms with Crippen molar-refractivity contribution in [3.05, 3.63) is 51.4 Å². The highest BCUT2D eigenvalue weighted by atomic mass is 16.2. The van der Waals surface area contributed by atoms with Crippen LogP contribution in [0.15, 0.2) is 40.2 Å². The lowest BCUT2D eigenvalue weighted by atomic mass is 10.2. The van der Waals surface area contributed by atoms with Gasteiger partial charge < -0.3 is 4.98 Å². The van der Waals surface area contributed by atoms with Crippen LogP contribution in [0.2, 0.25) is 0 Å². The van der Waals surface area contributed by atoms with E-state index in [-0.39, 0.29) is 5.56 Å². The fourth-order valence-electron chi connectivity index (χ4n) is 1.23. The molecule has 5 nitrogen and oxygen atoms in total. The minimum atomic E-state index is -0.429. The number of nitrogens with zero attached hydrogens (tertiary/aromatic N) is 2. The van der Waals surface area contributed by atoms with Crippen molar-refractivity contribution in [1.82, 2.24) is 14.5 Å². The summed E-state index contributed by atoms with van der Waals surface area (Å²) in [6.07, 6.45) is 3.22. The number of hydrogen-bond acceptors (Lipinski definition) is 3. The molecule has 0 atom stereocenters. The molecule has 0 spiro atoms. The normalized spacial score (nSPS) is 10.2. The van der Waals surface area contributed by atoms with Crippen molar-refractivity contribution >= 4 is 0 Å². The van der Waals surface area contributed by atoms with Crippen LogP contribution in [0.3, 0.4) is 0 Å². The molecule has 15 heavy (non-hydrogen) atoms. The number of H-pyrrole nitrogens is 1. The summed E-state index contributed by atoms with van der Waals surface area (Å²) >= 11 is 0. The largest absolute Gasteiger partial charge is 0.328 e. The van der Waals surface area contributed by atoms with Crippen molar-refractivity contribution in [2.24, 2.45) is 7.05 Å². The number of nitrogens with one attached hydrogen (secondary N) is 1. The van der Waals surface area contributed by atoms with Gasteiger partial charge in [-0.15, -0.1) is 0 Å². The van der Waals surface area contributed by atoms with Gasteiger partial charge in [0.2, 0.25) is 0 Å². The highest BCUT2D eigenvalue weighted by Gasteiger charge is 2.02. The summed E-state index contributed by atoms with van der Waals surface area (Å²) in [6, 6.07) is 4.89. The minimum Gasteiger partial charge on any atom is -0.307 e. The molecule has 0 aliphatic heterocycles. The van der Waals surface area contributed by atoms with Crippen LogP contribution in [0.25, 0.3) is 11.3 Å². The van der Waals surface area contributed by atoms with Gasteiger partial charge in [-0.2, -0.15) is 0 Å². The predicted molar refractivity (Wildman–Crippen MR) is 55.5 cm³/mol. The topological polar surface area (TPSA) is 67.8 Å². The summed E-state index contributed by atoms with van der Waals surface area (Å²) in [4.78, 5) is 29.2. The van der Waals surface area contributed by atoms with E-state index in [1.807, 2.05) is 0 Å². The van der Waals surface area contributed by atoms with Crippen molar-refractivity contribution < 1.29 is 0 Å². The SMILES string of the molecule is Cn1c(=O)cc(-c2cccnc2)[nH]c1=O. The zero-order chi connectivity index (χ0) is 10.8. The van der Waals surface area contributed by atoms with E-state index in [1.165, 1.54) is 13.1 Å². The highest BCUT2D eigenvalue weighted by molar-refractivity contribution is 5.56. The second-order valence-electron chi connectivity index (χ2n) is 3.13. The molecule has 76 valence electrons. The van der Waals surface area contributed by atoms with Gasteiger partial charge in [0.05, 0.1) is 5.69 Å². The van der Waals surface area contributed by atoms with Crippen LogP contribution in [0.1, 0.15) is 0 Å². The van der Waals surface area contributed by atoms with Crippen LogP contribution >= 0.6 is 0 Å². The maximum atomic E-state index is 11.4. The summed E-state index contributed by atoms with van der Waals surface area (Å²) in [7, 11) is 1.42. The Morgan fingerprint density at radius 1 is 1.40 bits per heavy atom. The van der Waals surface area contributed by atoms with Crippen molar-refractivity contribution in [3.63, 3.8) is 0 Å². The fraction of sp³-hybridized carbons (Fsp3) is 0.100. The van der Waals surface area contributed by atoms with Gasteiger partial charge in [-0.25, -0.2) is 4.79 Å². The van der Waals surface area contributed by atoms with Gasteiger partial charge in [0.25, 0.3) is 5.56 Å². The standard InChI is InChI=1S/C10H9N3O2/c1-13-9(14)5-8(12-10(13)15)7-3-2-4-11-6-7/h2-6H,1H3,(H,12,15). The van der Waals surface area contributed by atoms with Crippen molar-refractivity contribution in [3.8, 4) is 11.3 Å². The molecule has 5 heteroatoms. The molecule has 0 unspecified atom stereocenters. The van der Waals surface area contributed by atoms with Gasteiger partial charge in [-0.3, -0.25) is 14.3 Å². The van der Waals surface area contributed by atoms with Gasteiger partial charge in [-0.05, 0) is 12.1 Å². The Morgan fingerprint density at radius 3 is 2.80 bits per heavy atom. The number of pyridine rings is 1. The summed E-state index contributed by atoms with van der Waals surface area (Å²) < 4.78 is 1.01. The van der Waals surface area contributed by atoms with Crippen molar-refractivity contribution in [2.75, 3.05) is 0 Å². The summed E-state index contributed by atoms with van der Waals surface area (Å²) in [5, 5.41) is 0. The summed E-state index contributed by atoms with van der Waals surface area (Å²) in [6.45, 7) is 0. The number of rotatable bonds is 1. The minimum absolute atomic E-state index is 0.336. The van der Waals surface area contributed by atoms with E-state index in [2.05, 4.69) is 9.97 Å². The Balaban J connectivity index is 2.67. The van der Waals surface area contributed by atoms with Crippen LogP contribution in [0.4, 0.5) is 0 Å². The highest BCUT2D eigenvalue weighted by Crippen LogP contribution is 2.10. The first kappa shape index (κ1) is 9.39. The summed E-state index contributed by atoms with van der Waals surface area (Å²) in [5.74, 6) is 0. The van der Waals surface area contributed by atoms with Crippen LogP contribution in [0, 0.1) is 0 Å². The second-order valence-corrected chi connectivity index (χ2v) is 3.13. The van der Waals surface area contributed by atoms with Crippen molar-refractivity contribution in [2.45, 2.75) is 0 Å². The van der Waals surface area contributed by atoms with E-state index in [9.17, 15) is 9.59 Å². The Hall–Kier alpha value is -2.17. The first-order valence-electron chi connectivity index (χ1n) is 4.39. The monoisotopic (exact) mass is 203 g/mol. The first-order chi connectivity index (χ1) is 7.18. The Labute approximate surface area is 85.0 Å². The van der Waals surface area contributed by atoms with Crippen LogP contribution in [-0.2, 0) is 7.05 Å². The third kappa shape index (κ3) is 1.71. The molecule has 2 heterocycles. The molecule has 0 fully saturated rings. The van der Waals surface area contributed by atoms with E-state index in [0.717, 1.165) is 4.57 Å². The summed E-state index contributed by atoms with van der Waals surface area (Å²) in [5.41, 5.74) is 0.433. The molecule has 0 saturated carbocycles. The molecular formula is C10H9N3O2. The lowest BCUT2D eigenvalue weighted by Crippen LogP contribution is -2.32. The molecule has 0 aliphatic carbocycles. The lowest BCUT2D eigenvalue weighted by Gasteiger charge is -2.01. The Morgan fingerprint density at radius 2 is 2.20 bits per heavy atom. The molecule has 0 amide bonds. The average Bonchev–Trinajstić information content (AvgIpc) is 2.26. The molecule has 0 aliphatic rings. The smallest absolute Gasteiger partial charge is 0.307 e. The van der Waals surface area contributed by atoms with E-state index < -0.39 is 5.69 Å². The van der Waals surface area contributed by atoms with Gasteiger partial charge >= 0.3 is 5.69 Å². The zero-order valence-corrected chi connectivity index (χ0v) is 8.10. The Bertz CT molecular complexity index is 552. The van der Waals surface area contributed by atoms with E-state index in [1.54, 1.807) is 24.5 Å². The third-order valence-electron chi connectivity index (χ3n) is 2.12. The van der Waals surface area contributed by atoms with E-state index in [4.69, 9.17) is 0 Å². The quantitative estimate of drug-likeness (QED) is 0.716. The van der Waals surface area contributed by atoms with Gasteiger partial charge in [0.15, 0.2) is 0 Å². The van der Waals surface area contributed by atoms with Crippen LogP contribution in [-0.4, -0.2) is 14.5 Å². The maximum absolute atomic E-state index is 11.4. The molecule has 2 rings (SSSR count). The molecule has 0 bridgehead atoms. The maximum Gasteiger partial charge on any atom is 0.328 e. The molecule has 2 aromatic rings. The van der Waals surface area contributed by atoms with Crippen molar-refractivity contribution in [1.29, 1.82) is 0 Å². The fourth-order valence-corrected chi connectivity index (χ4v) is 1.23. The molecule has 2 aromatic heterocycles. The number of aromatic amines is 1. The lowest BCUT2D eigenvalue weighted by molar-refractivity contribution is 0.778. The molecule has 0 aromatic carbocycles. The second kappa shape index (κ2) is 3.53. The number of aromatic nitrogens is 3. The molecular weight excluding hydrogens is 194 g/mol. The van der Waals surface area contributed by atoms with Gasteiger partial charge in [0, 0.05) is 31.1 Å². The predicted octanol–water partition coefficient (Wildman–Crippen LogP) is 0.136. The molecule has 0 saturated heterocycles. The first-order valence-corrected chi connectivity index (χ1v) is 4.39. The van der Waals surface area contributed by atoms with Crippen LogP contribution in [0.5, 0.6) is 0 Å². The van der Waals surface area contributed by atoms with Gasteiger partial charge in [-0.1, -0.05) is 0 Å². The molecule has 0 radical (unpaired) electrons. The van der Waals surface area contributed by atoms with E-state index in [0.29, 0.717) is 11.3 Å². The van der Waals surface area contributed by atoms with Gasteiger partial charge in [0.1, 0.15) is 0 Å². The average molecular weight is 203 g/mol. The van der Waals surface area contributed by atoms with E-state index >= 15 is 0 Å².